The number of aromatic amines is 1. The van der Waals surface area contributed by atoms with Crippen molar-refractivity contribution in [1.29, 1.82) is 0 Å². The lowest BCUT2D eigenvalue weighted by Crippen LogP contribution is -2.47. The number of H-pyrrole nitrogens is 1. The number of carbonyl (C=O) groups excluding carboxylic acids is 2. The number of nitrogens with one attached hydrogen (secondary N) is 3. The van der Waals surface area contributed by atoms with Crippen molar-refractivity contribution in [2.75, 3.05) is 38.7 Å². The van der Waals surface area contributed by atoms with Crippen molar-refractivity contribution < 1.29 is 14.3 Å². The van der Waals surface area contributed by atoms with Crippen molar-refractivity contribution >= 4 is 28.7 Å². The molecule has 0 aliphatic carbocycles. The standard InChI is InChI=1S/C22H33N5O4/c1-3-4-9-19(28)24-17-7-5-8-18-20(17)27(22(30)25-18)21(29)23-16-10-13-26(14-11-16)12-6-15-31-2/h5,7-8,16H,3-4,6,9-15H2,1-2H3,(H,23,29)(H,24,28)(H,25,30). The highest BCUT2D eigenvalue weighted by atomic mass is 16.5. The zero-order valence-corrected chi connectivity index (χ0v) is 18.4. The minimum absolute atomic E-state index is 0.00864. The largest absolute Gasteiger partial charge is 0.385 e. The van der Waals surface area contributed by atoms with Gasteiger partial charge in [0, 0.05) is 45.8 Å². The van der Waals surface area contributed by atoms with Crippen LogP contribution in [0.25, 0.3) is 11.0 Å². The van der Waals surface area contributed by atoms with E-state index < -0.39 is 11.7 Å². The van der Waals surface area contributed by atoms with Gasteiger partial charge in [-0.05, 0) is 37.8 Å². The number of unbranched alkanes of at least 4 members (excludes halogenated alkanes) is 1. The van der Waals surface area contributed by atoms with Crippen LogP contribution in [0.4, 0.5) is 10.5 Å². The predicted octanol–water partition coefficient (Wildman–Crippen LogP) is 2.52. The van der Waals surface area contributed by atoms with Crippen LogP contribution in [0.15, 0.2) is 23.0 Å². The number of rotatable bonds is 9. The van der Waals surface area contributed by atoms with E-state index in [1.54, 1.807) is 25.3 Å². The maximum atomic E-state index is 13.0. The maximum absolute atomic E-state index is 13.0. The lowest BCUT2D eigenvalue weighted by Gasteiger charge is -2.32. The summed E-state index contributed by atoms with van der Waals surface area (Å²) in [6.07, 6.45) is 4.75. The quantitative estimate of drug-likeness (QED) is 0.529. The van der Waals surface area contributed by atoms with Crippen molar-refractivity contribution in [2.45, 2.75) is 51.5 Å². The fourth-order valence-corrected chi connectivity index (χ4v) is 3.98. The molecule has 3 N–H and O–H groups in total. The Morgan fingerprint density at radius 1 is 1.23 bits per heavy atom. The minimum atomic E-state index is -0.514. The molecule has 2 aromatic rings. The molecule has 1 aromatic heterocycles. The summed E-state index contributed by atoms with van der Waals surface area (Å²) in [4.78, 5) is 42.8. The average molecular weight is 432 g/mol. The van der Waals surface area contributed by atoms with E-state index in [0.717, 1.165) is 62.9 Å². The topological polar surface area (TPSA) is 108 Å². The van der Waals surface area contributed by atoms with Crippen LogP contribution >= 0.6 is 0 Å². The van der Waals surface area contributed by atoms with Crippen LogP contribution in [-0.4, -0.2) is 65.8 Å². The van der Waals surface area contributed by atoms with Gasteiger partial charge in [-0.15, -0.1) is 0 Å². The van der Waals surface area contributed by atoms with E-state index in [0.29, 0.717) is 23.1 Å². The molecule has 0 radical (unpaired) electrons. The number of amides is 2. The molecule has 1 aromatic carbocycles. The van der Waals surface area contributed by atoms with Crippen LogP contribution in [-0.2, 0) is 9.53 Å². The van der Waals surface area contributed by atoms with Gasteiger partial charge >= 0.3 is 11.7 Å². The molecule has 170 valence electrons. The van der Waals surface area contributed by atoms with E-state index in [1.165, 1.54) is 0 Å². The monoisotopic (exact) mass is 431 g/mol. The first-order chi connectivity index (χ1) is 15.0. The number of hydrogen-bond acceptors (Lipinski definition) is 5. The number of likely N-dealkylation sites (tertiary alicyclic amines) is 1. The Labute approximate surface area is 182 Å². The summed E-state index contributed by atoms with van der Waals surface area (Å²) in [5, 5.41) is 5.84. The first-order valence-corrected chi connectivity index (χ1v) is 11.1. The minimum Gasteiger partial charge on any atom is -0.385 e. The van der Waals surface area contributed by atoms with Gasteiger partial charge in [0.05, 0.1) is 11.2 Å². The molecular formula is C22H33N5O4. The summed E-state index contributed by atoms with van der Waals surface area (Å²) in [7, 11) is 1.70. The fourth-order valence-electron chi connectivity index (χ4n) is 3.98. The Morgan fingerprint density at radius 2 is 2.00 bits per heavy atom. The normalized spacial score (nSPS) is 15.3. The SMILES string of the molecule is CCCCC(=O)Nc1cccc2[nH]c(=O)n(C(=O)NC3CCN(CCCOC)CC3)c12. The molecule has 9 heteroatoms. The van der Waals surface area contributed by atoms with Crippen molar-refractivity contribution in [2.24, 2.45) is 0 Å². The van der Waals surface area contributed by atoms with E-state index >= 15 is 0 Å². The number of methoxy groups -OCH3 is 1. The van der Waals surface area contributed by atoms with Gasteiger partial charge < -0.3 is 25.3 Å². The van der Waals surface area contributed by atoms with Gasteiger partial charge in [0.1, 0.15) is 5.52 Å². The Kier molecular flexibility index (Phi) is 8.25. The molecule has 1 fully saturated rings. The van der Waals surface area contributed by atoms with E-state index in [-0.39, 0.29) is 11.9 Å². The molecule has 9 nitrogen and oxygen atoms in total. The van der Waals surface area contributed by atoms with Gasteiger partial charge in [0.25, 0.3) is 0 Å². The molecule has 0 unspecified atom stereocenters. The van der Waals surface area contributed by atoms with Crippen LogP contribution in [0.5, 0.6) is 0 Å². The molecule has 0 bridgehead atoms. The number of carbonyl (C=O) groups is 2. The molecule has 1 saturated heterocycles. The summed E-state index contributed by atoms with van der Waals surface area (Å²) in [5.74, 6) is -0.129. The highest BCUT2D eigenvalue weighted by Crippen LogP contribution is 2.22. The highest BCUT2D eigenvalue weighted by Gasteiger charge is 2.24. The summed E-state index contributed by atoms with van der Waals surface area (Å²) >= 11 is 0. The Bertz CT molecular complexity index is 943. The highest BCUT2D eigenvalue weighted by molar-refractivity contribution is 6.02. The number of aromatic nitrogens is 2. The first-order valence-electron chi connectivity index (χ1n) is 11.1. The van der Waals surface area contributed by atoms with Crippen molar-refractivity contribution in [1.82, 2.24) is 19.8 Å². The Hall–Kier alpha value is -2.65. The average Bonchev–Trinajstić information content (AvgIpc) is 3.10. The lowest BCUT2D eigenvalue weighted by atomic mass is 10.1. The predicted molar refractivity (Wildman–Crippen MR) is 121 cm³/mol. The Balaban J connectivity index is 1.69. The number of ether oxygens (including phenoxy) is 1. The molecule has 0 atom stereocenters. The second-order valence-electron chi connectivity index (χ2n) is 8.03. The van der Waals surface area contributed by atoms with Crippen LogP contribution in [0, 0.1) is 0 Å². The zero-order valence-electron chi connectivity index (χ0n) is 18.4. The summed E-state index contributed by atoms with van der Waals surface area (Å²) in [5.41, 5.74) is 0.855. The second kappa shape index (κ2) is 11.1. The van der Waals surface area contributed by atoms with Gasteiger partial charge in [-0.3, -0.25) is 4.79 Å². The smallest absolute Gasteiger partial charge is 0.334 e. The van der Waals surface area contributed by atoms with Gasteiger partial charge in [-0.1, -0.05) is 19.4 Å². The number of hydrogen-bond donors (Lipinski definition) is 3. The number of piperidine rings is 1. The van der Waals surface area contributed by atoms with Crippen LogP contribution in [0.2, 0.25) is 0 Å². The molecule has 2 amide bonds. The summed E-state index contributed by atoms with van der Waals surface area (Å²) in [6, 6.07) is 4.72. The third kappa shape index (κ3) is 5.95. The third-order valence-electron chi connectivity index (χ3n) is 5.68. The number of fused-ring (bicyclic) bond motifs is 1. The Morgan fingerprint density at radius 3 is 2.71 bits per heavy atom. The van der Waals surface area contributed by atoms with E-state index in [9.17, 15) is 14.4 Å². The molecule has 0 spiro atoms. The molecule has 31 heavy (non-hydrogen) atoms. The van der Waals surface area contributed by atoms with Crippen LogP contribution < -0.4 is 16.3 Å². The number of anilines is 1. The summed E-state index contributed by atoms with van der Waals surface area (Å²) < 4.78 is 6.19. The lowest BCUT2D eigenvalue weighted by molar-refractivity contribution is -0.116. The molecule has 1 aliphatic rings. The molecule has 0 saturated carbocycles. The summed E-state index contributed by atoms with van der Waals surface area (Å²) in [6.45, 7) is 5.55. The number of imidazole rings is 1. The van der Waals surface area contributed by atoms with Gasteiger partial charge in [0.15, 0.2) is 0 Å². The molecule has 1 aliphatic heterocycles. The van der Waals surface area contributed by atoms with Gasteiger partial charge in [-0.25, -0.2) is 14.2 Å². The zero-order chi connectivity index (χ0) is 22.2. The fraction of sp³-hybridized carbons (Fsp3) is 0.591. The van der Waals surface area contributed by atoms with Crippen molar-refractivity contribution in [3.63, 3.8) is 0 Å². The third-order valence-corrected chi connectivity index (χ3v) is 5.68. The van der Waals surface area contributed by atoms with E-state index in [2.05, 4.69) is 20.5 Å². The molecule has 2 heterocycles. The van der Waals surface area contributed by atoms with Crippen molar-refractivity contribution in [3.8, 4) is 0 Å². The number of benzene rings is 1. The van der Waals surface area contributed by atoms with E-state index in [4.69, 9.17) is 4.74 Å². The van der Waals surface area contributed by atoms with Crippen LogP contribution in [0.1, 0.15) is 45.4 Å². The van der Waals surface area contributed by atoms with Crippen molar-refractivity contribution in [3.05, 3.63) is 28.7 Å². The first kappa shape index (κ1) is 23.0. The van der Waals surface area contributed by atoms with Gasteiger partial charge in [-0.2, -0.15) is 0 Å². The van der Waals surface area contributed by atoms with E-state index in [1.807, 2.05) is 6.92 Å². The van der Waals surface area contributed by atoms with Crippen LogP contribution in [0.3, 0.4) is 0 Å². The molecule has 3 rings (SSSR count). The van der Waals surface area contributed by atoms with Gasteiger partial charge in [0.2, 0.25) is 5.91 Å². The number of nitrogens with zero attached hydrogens (tertiary/aromatic N) is 2. The molecular weight excluding hydrogens is 398 g/mol. The number of para-hydroxylation sites is 1. The second-order valence-corrected chi connectivity index (χ2v) is 8.03. The maximum Gasteiger partial charge on any atom is 0.334 e.